The summed E-state index contributed by atoms with van der Waals surface area (Å²) in [6.07, 6.45) is 5.45. The van der Waals surface area contributed by atoms with Crippen LogP contribution in [-0.4, -0.2) is 37.1 Å². The molecule has 4 nitrogen and oxygen atoms in total. The number of carbonyl (C=O) groups is 1. The topological polar surface area (TPSA) is 41.6 Å². The summed E-state index contributed by atoms with van der Waals surface area (Å²) in [6, 6.07) is 12.9. The second kappa shape index (κ2) is 7.06. The zero-order valence-corrected chi connectivity index (χ0v) is 15.6. The van der Waals surface area contributed by atoms with Crippen molar-refractivity contribution in [2.75, 3.05) is 31.6 Å². The third kappa shape index (κ3) is 3.00. The Balaban J connectivity index is 1.47. The molecule has 2 aromatic carbocycles. The van der Waals surface area contributed by atoms with Gasteiger partial charge in [0, 0.05) is 30.3 Å². The first-order valence-electron chi connectivity index (χ1n) is 9.90. The smallest absolute Gasteiger partial charge is 0.254 e. The summed E-state index contributed by atoms with van der Waals surface area (Å²) in [4.78, 5) is 14.8. The first kappa shape index (κ1) is 17.4. The van der Waals surface area contributed by atoms with Crippen LogP contribution in [0, 0.1) is 11.7 Å². The third-order valence-electron chi connectivity index (χ3n) is 6.14. The van der Waals surface area contributed by atoms with Crippen LogP contribution in [0.15, 0.2) is 54.6 Å². The lowest BCUT2D eigenvalue weighted by molar-refractivity contribution is 0.0303. The van der Waals surface area contributed by atoms with Crippen LogP contribution >= 0.6 is 0 Å². The molecule has 0 bridgehead atoms. The highest BCUT2D eigenvalue weighted by atomic mass is 19.1. The molecule has 1 amide bonds. The molecule has 3 unspecified atom stereocenters. The normalized spacial score (nSPS) is 25.8. The third-order valence-corrected chi connectivity index (χ3v) is 6.14. The summed E-state index contributed by atoms with van der Waals surface area (Å²) in [5.41, 5.74) is 4.07. The number of allylic oxidation sites excluding steroid dienone is 2. The molecule has 5 rings (SSSR count). The first-order valence-corrected chi connectivity index (χ1v) is 9.90. The van der Waals surface area contributed by atoms with E-state index in [0.29, 0.717) is 32.2 Å². The SMILES string of the molecule is O=C(c1ccc2c(c1)C1C=CCC1C(c1ccc(F)cc1)N2)N1CCOCC1. The molecule has 2 aliphatic heterocycles. The fourth-order valence-corrected chi connectivity index (χ4v) is 4.68. The number of hydrogen-bond acceptors (Lipinski definition) is 3. The van der Waals surface area contributed by atoms with Gasteiger partial charge in [0.1, 0.15) is 5.82 Å². The molecule has 0 radical (unpaired) electrons. The standard InChI is InChI=1S/C23H23FN2O2/c24-17-7-4-15(5-8-17)22-19-3-1-2-18(19)20-14-16(6-9-21(20)25-22)23(27)26-10-12-28-13-11-26/h1-2,4-9,14,18-19,22,25H,3,10-13H2. The number of nitrogens with one attached hydrogen (secondary N) is 1. The van der Waals surface area contributed by atoms with Crippen molar-refractivity contribution in [3.63, 3.8) is 0 Å². The molecule has 0 saturated carbocycles. The highest BCUT2D eigenvalue weighted by molar-refractivity contribution is 5.95. The van der Waals surface area contributed by atoms with Crippen molar-refractivity contribution < 1.29 is 13.9 Å². The molecular formula is C23H23FN2O2. The van der Waals surface area contributed by atoms with Crippen LogP contribution in [0.4, 0.5) is 10.1 Å². The van der Waals surface area contributed by atoms with E-state index in [1.807, 2.05) is 35.2 Å². The first-order chi connectivity index (χ1) is 13.7. The van der Waals surface area contributed by atoms with E-state index in [1.165, 1.54) is 17.7 Å². The van der Waals surface area contributed by atoms with Crippen molar-refractivity contribution >= 4 is 11.6 Å². The lowest BCUT2D eigenvalue weighted by Gasteiger charge is -2.38. The molecule has 3 atom stereocenters. The molecule has 0 aromatic heterocycles. The van der Waals surface area contributed by atoms with E-state index < -0.39 is 0 Å². The Morgan fingerprint density at radius 3 is 2.68 bits per heavy atom. The van der Waals surface area contributed by atoms with Crippen LogP contribution in [0.2, 0.25) is 0 Å². The molecule has 0 spiro atoms. The average molecular weight is 378 g/mol. The van der Waals surface area contributed by atoms with Crippen LogP contribution in [0.25, 0.3) is 0 Å². The number of anilines is 1. The molecular weight excluding hydrogens is 355 g/mol. The van der Waals surface area contributed by atoms with Gasteiger partial charge in [-0.05, 0) is 53.8 Å². The summed E-state index contributed by atoms with van der Waals surface area (Å²) >= 11 is 0. The number of fused-ring (bicyclic) bond motifs is 3. The van der Waals surface area contributed by atoms with Gasteiger partial charge in [-0.25, -0.2) is 4.39 Å². The molecule has 1 fully saturated rings. The number of benzene rings is 2. The van der Waals surface area contributed by atoms with Crippen molar-refractivity contribution in [2.45, 2.75) is 18.4 Å². The number of halogens is 1. The van der Waals surface area contributed by atoms with E-state index in [4.69, 9.17) is 4.74 Å². The Kier molecular flexibility index (Phi) is 4.40. The molecule has 1 N–H and O–H groups in total. The minimum absolute atomic E-state index is 0.0743. The summed E-state index contributed by atoms with van der Waals surface area (Å²) < 4.78 is 18.7. The number of hydrogen-bond donors (Lipinski definition) is 1. The lowest BCUT2D eigenvalue weighted by atomic mass is 9.76. The average Bonchev–Trinajstić information content (AvgIpc) is 3.24. The van der Waals surface area contributed by atoms with E-state index in [1.54, 1.807) is 0 Å². The van der Waals surface area contributed by atoms with Crippen molar-refractivity contribution in [3.05, 3.63) is 77.1 Å². The molecule has 5 heteroatoms. The van der Waals surface area contributed by atoms with Crippen molar-refractivity contribution in [1.29, 1.82) is 0 Å². The Labute approximate surface area is 164 Å². The molecule has 2 heterocycles. The van der Waals surface area contributed by atoms with Gasteiger partial charge in [-0.1, -0.05) is 24.3 Å². The van der Waals surface area contributed by atoms with Gasteiger partial charge < -0.3 is 15.0 Å². The Morgan fingerprint density at radius 1 is 1.11 bits per heavy atom. The van der Waals surface area contributed by atoms with Gasteiger partial charge in [-0.3, -0.25) is 4.79 Å². The van der Waals surface area contributed by atoms with Crippen LogP contribution in [-0.2, 0) is 4.74 Å². The summed E-state index contributed by atoms with van der Waals surface area (Å²) in [6.45, 7) is 2.50. The van der Waals surface area contributed by atoms with Crippen LogP contribution in [0.5, 0.6) is 0 Å². The minimum Gasteiger partial charge on any atom is -0.378 e. The lowest BCUT2D eigenvalue weighted by Crippen LogP contribution is -2.40. The number of amides is 1. The Hall–Kier alpha value is -2.66. The zero-order valence-electron chi connectivity index (χ0n) is 15.6. The predicted molar refractivity (Wildman–Crippen MR) is 106 cm³/mol. The molecule has 1 saturated heterocycles. The quantitative estimate of drug-likeness (QED) is 0.799. The summed E-state index contributed by atoms with van der Waals surface area (Å²) in [5.74, 6) is 0.494. The van der Waals surface area contributed by atoms with Gasteiger partial charge in [0.2, 0.25) is 0 Å². The fraction of sp³-hybridized carbons (Fsp3) is 0.348. The van der Waals surface area contributed by atoms with E-state index in [9.17, 15) is 9.18 Å². The van der Waals surface area contributed by atoms with Gasteiger partial charge in [0.15, 0.2) is 0 Å². The highest BCUT2D eigenvalue weighted by Gasteiger charge is 2.38. The van der Waals surface area contributed by atoms with Crippen LogP contribution < -0.4 is 5.32 Å². The monoisotopic (exact) mass is 378 g/mol. The van der Waals surface area contributed by atoms with Crippen LogP contribution in [0.3, 0.4) is 0 Å². The minimum atomic E-state index is -0.215. The van der Waals surface area contributed by atoms with Gasteiger partial charge in [0.05, 0.1) is 19.3 Å². The summed E-state index contributed by atoms with van der Waals surface area (Å²) in [7, 11) is 0. The van der Waals surface area contributed by atoms with E-state index in [2.05, 4.69) is 17.5 Å². The maximum absolute atomic E-state index is 13.4. The second-order valence-corrected chi connectivity index (χ2v) is 7.73. The summed E-state index contributed by atoms with van der Waals surface area (Å²) in [5, 5.41) is 3.64. The molecule has 1 aliphatic carbocycles. The van der Waals surface area contributed by atoms with E-state index >= 15 is 0 Å². The molecule has 144 valence electrons. The van der Waals surface area contributed by atoms with Crippen LogP contribution in [0.1, 0.15) is 39.9 Å². The van der Waals surface area contributed by atoms with E-state index in [0.717, 1.165) is 23.2 Å². The maximum Gasteiger partial charge on any atom is 0.254 e. The number of nitrogens with zero attached hydrogens (tertiary/aromatic N) is 1. The van der Waals surface area contributed by atoms with Gasteiger partial charge in [-0.2, -0.15) is 0 Å². The fourth-order valence-electron chi connectivity index (χ4n) is 4.68. The number of rotatable bonds is 2. The van der Waals surface area contributed by atoms with Crippen molar-refractivity contribution in [2.24, 2.45) is 5.92 Å². The van der Waals surface area contributed by atoms with Gasteiger partial charge in [-0.15, -0.1) is 0 Å². The zero-order chi connectivity index (χ0) is 19.1. The predicted octanol–water partition coefficient (Wildman–Crippen LogP) is 4.12. The number of carbonyl (C=O) groups excluding carboxylic acids is 1. The second-order valence-electron chi connectivity index (χ2n) is 7.73. The highest BCUT2D eigenvalue weighted by Crippen LogP contribution is 2.49. The van der Waals surface area contributed by atoms with Crippen molar-refractivity contribution in [1.82, 2.24) is 4.90 Å². The largest absolute Gasteiger partial charge is 0.378 e. The maximum atomic E-state index is 13.4. The number of ether oxygens (including phenoxy) is 1. The van der Waals surface area contributed by atoms with Gasteiger partial charge in [0.25, 0.3) is 5.91 Å². The van der Waals surface area contributed by atoms with E-state index in [-0.39, 0.29) is 23.7 Å². The van der Waals surface area contributed by atoms with Gasteiger partial charge >= 0.3 is 0 Å². The molecule has 2 aromatic rings. The molecule has 3 aliphatic rings. The Morgan fingerprint density at radius 2 is 1.89 bits per heavy atom. The number of morpholine rings is 1. The Bertz CT molecular complexity index is 919. The molecule has 28 heavy (non-hydrogen) atoms. The van der Waals surface area contributed by atoms with Crippen molar-refractivity contribution in [3.8, 4) is 0 Å².